The highest BCUT2D eigenvalue weighted by molar-refractivity contribution is 7.08. The van der Waals surface area contributed by atoms with Crippen LogP contribution in [0, 0.1) is 11.8 Å². The van der Waals surface area contributed by atoms with E-state index in [1.54, 1.807) is 11.3 Å². The van der Waals surface area contributed by atoms with Crippen molar-refractivity contribution in [3.05, 3.63) is 46.7 Å². The third-order valence-electron chi connectivity index (χ3n) is 6.23. The maximum Gasteiger partial charge on any atom is 0.309 e. The molecule has 1 aromatic heterocycles. The van der Waals surface area contributed by atoms with Crippen LogP contribution in [0.4, 0.5) is 0 Å². The molecule has 0 aliphatic rings. The summed E-state index contributed by atoms with van der Waals surface area (Å²) in [5.74, 6) is -0.985. The number of benzene rings is 1. The van der Waals surface area contributed by atoms with Gasteiger partial charge in [0.1, 0.15) is 5.60 Å². The normalized spacial score (nSPS) is 13.8. The van der Waals surface area contributed by atoms with Gasteiger partial charge in [-0.1, -0.05) is 63.7 Å². The second-order valence-electron chi connectivity index (χ2n) is 12.0. The summed E-state index contributed by atoms with van der Waals surface area (Å²) in [4.78, 5) is 26.2. The minimum Gasteiger partial charge on any atom is -0.466 e. The van der Waals surface area contributed by atoms with Crippen molar-refractivity contribution < 1.29 is 19.1 Å². The number of carbonyl (C=O) groups excluding carboxylic acids is 2. The fourth-order valence-electron chi connectivity index (χ4n) is 4.05. The molecular weight excluding hydrogens is 484 g/mol. The van der Waals surface area contributed by atoms with E-state index in [9.17, 15) is 9.59 Å². The summed E-state index contributed by atoms with van der Waals surface area (Å²) in [5, 5.41) is 4.23. The van der Waals surface area contributed by atoms with Crippen molar-refractivity contribution in [1.29, 1.82) is 0 Å². The highest BCUT2D eigenvalue weighted by Crippen LogP contribution is 2.28. The van der Waals surface area contributed by atoms with Crippen molar-refractivity contribution in [1.82, 2.24) is 0 Å². The van der Waals surface area contributed by atoms with E-state index in [0.29, 0.717) is 19.4 Å². The molecule has 1 heterocycles. The van der Waals surface area contributed by atoms with Crippen LogP contribution in [0.5, 0.6) is 0 Å². The SMILES string of the molecule is CCCC[C@@H](C[C@@H](CCc1ccc(-c2ccsc2)cc1)C(=O)OCC[Si](C)(C)C)C(=O)OC(C)(C)C. The van der Waals surface area contributed by atoms with Crippen LogP contribution in [0.3, 0.4) is 0 Å². The predicted molar refractivity (Wildman–Crippen MR) is 154 cm³/mol. The zero-order chi connectivity index (χ0) is 26.8. The minimum atomic E-state index is -1.30. The number of rotatable bonds is 14. The first-order valence-electron chi connectivity index (χ1n) is 13.4. The van der Waals surface area contributed by atoms with Crippen LogP contribution >= 0.6 is 11.3 Å². The van der Waals surface area contributed by atoms with Gasteiger partial charge in [0.2, 0.25) is 0 Å². The summed E-state index contributed by atoms with van der Waals surface area (Å²) in [5.41, 5.74) is 3.08. The number of ether oxygens (including phenoxy) is 2. The number of carbonyl (C=O) groups is 2. The fourth-order valence-corrected chi connectivity index (χ4v) is 5.43. The monoisotopic (exact) mass is 530 g/mol. The summed E-state index contributed by atoms with van der Waals surface area (Å²) >= 11 is 1.69. The molecule has 2 atom stereocenters. The molecule has 0 unspecified atom stereocenters. The molecule has 1 aromatic carbocycles. The Morgan fingerprint density at radius 2 is 1.61 bits per heavy atom. The first kappa shape index (κ1) is 30.3. The lowest BCUT2D eigenvalue weighted by Crippen LogP contribution is -2.32. The third kappa shape index (κ3) is 11.4. The molecule has 36 heavy (non-hydrogen) atoms. The Balaban J connectivity index is 2.12. The van der Waals surface area contributed by atoms with Gasteiger partial charge in [0.05, 0.1) is 18.4 Å². The maximum atomic E-state index is 13.2. The first-order chi connectivity index (χ1) is 16.9. The van der Waals surface area contributed by atoms with Crippen LogP contribution in [-0.4, -0.2) is 32.2 Å². The lowest BCUT2D eigenvalue weighted by atomic mass is 9.86. The largest absolute Gasteiger partial charge is 0.466 e. The van der Waals surface area contributed by atoms with E-state index in [1.165, 1.54) is 16.7 Å². The van der Waals surface area contributed by atoms with Crippen molar-refractivity contribution in [3.8, 4) is 11.1 Å². The summed E-state index contributed by atoms with van der Waals surface area (Å²) in [6, 6.07) is 11.6. The maximum absolute atomic E-state index is 13.2. The first-order valence-corrected chi connectivity index (χ1v) is 18.0. The number of hydrogen-bond donors (Lipinski definition) is 0. The van der Waals surface area contributed by atoms with Crippen LogP contribution < -0.4 is 0 Å². The number of esters is 2. The average Bonchev–Trinajstić information content (AvgIpc) is 3.32. The van der Waals surface area contributed by atoms with E-state index in [-0.39, 0.29) is 23.8 Å². The van der Waals surface area contributed by atoms with Crippen LogP contribution in [0.15, 0.2) is 41.1 Å². The molecule has 0 saturated heterocycles. The molecule has 0 amide bonds. The molecule has 6 heteroatoms. The van der Waals surface area contributed by atoms with Gasteiger partial charge in [-0.3, -0.25) is 9.59 Å². The summed E-state index contributed by atoms with van der Waals surface area (Å²) in [6.45, 7) is 15.1. The van der Waals surface area contributed by atoms with E-state index in [1.807, 2.05) is 20.8 Å². The molecule has 0 radical (unpaired) electrons. The second kappa shape index (κ2) is 14.1. The van der Waals surface area contributed by atoms with Gasteiger partial charge in [0, 0.05) is 8.07 Å². The highest BCUT2D eigenvalue weighted by Gasteiger charge is 2.31. The number of thiophene rings is 1. The average molecular weight is 531 g/mol. The van der Waals surface area contributed by atoms with E-state index in [4.69, 9.17) is 9.47 Å². The third-order valence-corrected chi connectivity index (χ3v) is 8.62. The molecule has 2 aromatic rings. The summed E-state index contributed by atoms with van der Waals surface area (Å²) in [6.07, 6.45) is 4.58. The molecule has 0 aliphatic carbocycles. The lowest BCUT2D eigenvalue weighted by Gasteiger charge is -2.26. The van der Waals surface area contributed by atoms with Gasteiger partial charge >= 0.3 is 11.9 Å². The van der Waals surface area contributed by atoms with Crippen molar-refractivity contribution in [2.24, 2.45) is 11.8 Å². The Kier molecular flexibility index (Phi) is 11.9. The zero-order valence-corrected chi connectivity index (χ0v) is 25.2. The van der Waals surface area contributed by atoms with Crippen LogP contribution in [0.2, 0.25) is 25.7 Å². The van der Waals surface area contributed by atoms with Gasteiger partial charge in [-0.2, -0.15) is 11.3 Å². The van der Waals surface area contributed by atoms with Gasteiger partial charge in [0.25, 0.3) is 0 Å². The lowest BCUT2D eigenvalue weighted by molar-refractivity contribution is -0.162. The van der Waals surface area contributed by atoms with Gasteiger partial charge in [-0.05, 0) is 86.0 Å². The van der Waals surface area contributed by atoms with Crippen LogP contribution in [0.25, 0.3) is 11.1 Å². The molecule has 4 nitrogen and oxygen atoms in total. The molecular formula is C30H46O4SSi. The quantitative estimate of drug-likeness (QED) is 0.182. The Morgan fingerprint density at radius 1 is 0.944 bits per heavy atom. The van der Waals surface area contributed by atoms with Crippen molar-refractivity contribution in [2.45, 2.75) is 97.5 Å². The topological polar surface area (TPSA) is 52.6 Å². The predicted octanol–water partition coefficient (Wildman–Crippen LogP) is 8.38. The van der Waals surface area contributed by atoms with Gasteiger partial charge in [-0.25, -0.2) is 0 Å². The Hall–Kier alpha value is -1.92. The summed E-state index contributed by atoms with van der Waals surface area (Å²) in [7, 11) is -1.30. The number of hydrogen-bond acceptors (Lipinski definition) is 5. The van der Waals surface area contributed by atoms with E-state index in [0.717, 1.165) is 31.7 Å². The zero-order valence-electron chi connectivity index (χ0n) is 23.4. The summed E-state index contributed by atoms with van der Waals surface area (Å²) < 4.78 is 11.5. The Morgan fingerprint density at radius 3 is 2.17 bits per heavy atom. The fraction of sp³-hybridized carbons (Fsp3) is 0.600. The standard InChI is InChI=1S/C30H46O4SSi/c1-8-9-10-25(29(32)34-30(2,3)4)21-26(28(31)33-18-20-36(5,6)7)16-13-23-11-14-24(15-12-23)27-17-19-35-22-27/h11-12,14-15,17,19,22,25-26H,8-10,13,16,18,20-21H2,1-7H3/t25-,26+/m0/s1. The van der Waals surface area contributed by atoms with Crippen molar-refractivity contribution in [2.75, 3.05) is 6.61 Å². The van der Waals surface area contributed by atoms with Gasteiger partial charge < -0.3 is 9.47 Å². The molecule has 0 N–H and O–H groups in total. The molecule has 0 bridgehead atoms. The van der Waals surface area contributed by atoms with E-state index in [2.05, 4.69) is 67.7 Å². The molecule has 0 saturated carbocycles. The van der Waals surface area contributed by atoms with Crippen LogP contribution in [-0.2, 0) is 25.5 Å². The minimum absolute atomic E-state index is 0.173. The Labute approximate surface area is 223 Å². The highest BCUT2D eigenvalue weighted by atomic mass is 32.1. The van der Waals surface area contributed by atoms with E-state index < -0.39 is 13.7 Å². The molecule has 0 spiro atoms. The van der Waals surface area contributed by atoms with E-state index >= 15 is 0 Å². The Bertz CT molecular complexity index is 923. The van der Waals surface area contributed by atoms with Crippen LogP contribution in [0.1, 0.15) is 65.4 Å². The van der Waals surface area contributed by atoms with Gasteiger partial charge in [0.15, 0.2) is 0 Å². The molecule has 2 rings (SSSR count). The molecule has 200 valence electrons. The van der Waals surface area contributed by atoms with Crippen molar-refractivity contribution in [3.63, 3.8) is 0 Å². The number of aryl methyl sites for hydroxylation is 1. The number of unbranched alkanes of at least 4 members (excludes halogenated alkanes) is 1. The smallest absolute Gasteiger partial charge is 0.309 e. The molecule has 0 fully saturated rings. The van der Waals surface area contributed by atoms with Gasteiger partial charge in [-0.15, -0.1) is 0 Å². The van der Waals surface area contributed by atoms with Crippen molar-refractivity contribution >= 4 is 31.3 Å². The molecule has 0 aliphatic heterocycles. The second-order valence-corrected chi connectivity index (χ2v) is 18.4.